The normalized spacial score (nSPS) is 20.2. The van der Waals surface area contributed by atoms with E-state index in [2.05, 4.69) is 19.7 Å². The molecule has 1 aromatic heterocycles. The van der Waals surface area contributed by atoms with Crippen LogP contribution in [0, 0.1) is 17.0 Å². The van der Waals surface area contributed by atoms with Gasteiger partial charge < -0.3 is 9.47 Å². The third kappa shape index (κ3) is 3.52. The molecule has 0 saturated carbocycles. The predicted molar refractivity (Wildman–Crippen MR) is 105 cm³/mol. The van der Waals surface area contributed by atoms with Gasteiger partial charge >= 0.3 is 0 Å². The number of fused-ring (bicyclic) bond motifs is 1. The van der Waals surface area contributed by atoms with E-state index in [1.807, 2.05) is 6.92 Å². The molecule has 2 aliphatic rings. The molecule has 2 aromatic rings. The van der Waals surface area contributed by atoms with Crippen LogP contribution in [0.3, 0.4) is 0 Å². The number of rotatable bonds is 3. The van der Waals surface area contributed by atoms with Gasteiger partial charge in [-0.1, -0.05) is 18.0 Å². The van der Waals surface area contributed by atoms with Gasteiger partial charge in [0.15, 0.2) is 0 Å². The smallest absolute Gasteiger partial charge is 0.271 e. The van der Waals surface area contributed by atoms with Crippen molar-refractivity contribution in [2.75, 3.05) is 18.0 Å². The van der Waals surface area contributed by atoms with Gasteiger partial charge in [-0.3, -0.25) is 10.1 Å². The number of aryl methyl sites for hydroxylation is 2. The van der Waals surface area contributed by atoms with Crippen molar-refractivity contribution in [2.45, 2.75) is 57.9 Å². The van der Waals surface area contributed by atoms with E-state index in [0.29, 0.717) is 10.9 Å². The Morgan fingerprint density at radius 2 is 2.04 bits per heavy atom. The van der Waals surface area contributed by atoms with E-state index >= 15 is 0 Å². The molecule has 144 valence electrons. The molecule has 1 saturated heterocycles. The molecular formula is C19H24ClN5O2. The zero-order valence-corrected chi connectivity index (χ0v) is 16.3. The van der Waals surface area contributed by atoms with Gasteiger partial charge in [0.25, 0.3) is 5.69 Å². The summed E-state index contributed by atoms with van der Waals surface area (Å²) in [6, 6.07) is 3.06. The van der Waals surface area contributed by atoms with Crippen molar-refractivity contribution in [1.82, 2.24) is 14.8 Å². The van der Waals surface area contributed by atoms with Crippen LogP contribution < -0.4 is 4.90 Å². The lowest BCUT2D eigenvalue weighted by atomic mass is 9.95. The van der Waals surface area contributed by atoms with Gasteiger partial charge in [-0.2, -0.15) is 0 Å². The molecule has 4 rings (SSSR count). The summed E-state index contributed by atoms with van der Waals surface area (Å²) >= 11 is 6.44. The van der Waals surface area contributed by atoms with Crippen LogP contribution in [0.5, 0.6) is 0 Å². The zero-order valence-electron chi connectivity index (χ0n) is 15.5. The highest BCUT2D eigenvalue weighted by atomic mass is 35.5. The number of hydrogen-bond donors (Lipinski definition) is 0. The molecule has 8 heteroatoms. The number of halogens is 1. The summed E-state index contributed by atoms with van der Waals surface area (Å²) in [5, 5.41) is 20.5. The quantitative estimate of drug-likeness (QED) is 0.579. The first-order chi connectivity index (χ1) is 13.0. The first-order valence-electron chi connectivity index (χ1n) is 9.66. The van der Waals surface area contributed by atoms with Gasteiger partial charge in [0, 0.05) is 44.1 Å². The van der Waals surface area contributed by atoms with E-state index in [1.165, 1.54) is 25.3 Å². The molecule has 0 radical (unpaired) electrons. The maximum Gasteiger partial charge on any atom is 0.271 e. The largest absolute Gasteiger partial charge is 0.369 e. The highest BCUT2D eigenvalue weighted by molar-refractivity contribution is 6.33. The molecule has 3 heterocycles. The maximum absolute atomic E-state index is 11.1. The van der Waals surface area contributed by atoms with Crippen molar-refractivity contribution in [1.29, 1.82) is 0 Å². The third-order valence-electron chi connectivity index (χ3n) is 5.69. The van der Waals surface area contributed by atoms with E-state index in [9.17, 15) is 10.1 Å². The van der Waals surface area contributed by atoms with Gasteiger partial charge in [-0.15, -0.1) is 10.2 Å². The van der Waals surface area contributed by atoms with Crippen LogP contribution in [0.4, 0.5) is 11.4 Å². The van der Waals surface area contributed by atoms with Crippen LogP contribution in [0.1, 0.15) is 55.2 Å². The second-order valence-corrected chi connectivity index (χ2v) is 7.98. The lowest BCUT2D eigenvalue weighted by Crippen LogP contribution is -2.36. The van der Waals surface area contributed by atoms with Gasteiger partial charge in [-0.25, -0.2) is 0 Å². The summed E-state index contributed by atoms with van der Waals surface area (Å²) in [7, 11) is 0. The van der Waals surface area contributed by atoms with Crippen LogP contribution in [0.15, 0.2) is 12.1 Å². The summed E-state index contributed by atoms with van der Waals surface area (Å²) in [6.45, 7) is 4.61. The van der Waals surface area contributed by atoms with Gasteiger partial charge in [0.1, 0.15) is 11.6 Å². The van der Waals surface area contributed by atoms with Gasteiger partial charge in [0.05, 0.1) is 15.6 Å². The molecule has 0 N–H and O–H groups in total. The van der Waals surface area contributed by atoms with E-state index in [4.69, 9.17) is 11.6 Å². The second-order valence-electron chi connectivity index (χ2n) is 7.57. The summed E-state index contributed by atoms with van der Waals surface area (Å²) < 4.78 is 2.32. The van der Waals surface area contributed by atoms with Crippen LogP contribution in [-0.2, 0) is 13.0 Å². The Morgan fingerprint density at radius 3 is 2.81 bits per heavy atom. The standard InChI is InChI=1S/C19H24ClN5O2/c1-13-10-15(25(26)27)11-16(20)18(13)23-8-5-6-14(12-23)19-22-21-17-7-3-2-4-9-24(17)19/h10-11,14H,2-9,12H2,1H3. The molecule has 7 nitrogen and oxygen atoms in total. The Morgan fingerprint density at radius 1 is 1.19 bits per heavy atom. The molecule has 0 bridgehead atoms. The van der Waals surface area contributed by atoms with Crippen molar-refractivity contribution in [3.63, 3.8) is 0 Å². The Bertz CT molecular complexity index is 843. The van der Waals surface area contributed by atoms with Crippen LogP contribution in [0.2, 0.25) is 5.02 Å². The first kappa shape index (κ1) is 18.2. The Balaban J connectivity index is 1.61. The van der Waals surface area contributed by atoms with Crippen molar-refractivity contribution >= 4 is 23.0 Å². The van der Waals surface area contributed by atoms with E-state index in [-0.39, 0.29) is 5.69 Å². The Kier molecular flexibility index (Phi) is 5.04. The zero-order chi connectivity index (χ0) is 19.0. The molecular weight excluding hydrogens is 366 g/mol. The second kappa shape index (κ2) is 7.46. The Labute approximate surface area is 163 Å². The van der Waals surface area contributed by atoms with Crippen LogP contribution in [0.25, 0.3) is 0 Å². The molecule has 2 aliphatic heterocycles. The maximum atomic E-state index is 11.1. The molecule has 0 spiro atoms. The number of hydrogen-bond acceptors (Lipinski definition) is 5. The minimum atomic E-state index is -0.396. The summed E-state index contributed by atoms with van der Waals surface area (Å²) in [6.07, 6.45) is 6.75. The highest BCUT2D eigenvalue weighted by Crippen LogP contribution is 2.38. The van der Waals surface area contributed by atoms with Crippen LogP contribution in [-0.4, -0.2) is 32.8 Å². The monoisotopic (exact) mass is 389 g/mol. The SMILES string of the molecule is Cc1cc([N+](=O)[O-])cc(Cl)c1N1CCCC(c2nnc3n2CCCCC3)C1. The summed E-state index contributed by atoms with van der Waals surface area (Å²) in [4.78, 5) is 12.9. The fourth-order valence-corrected chi connectivity index (χ4v) is 4.81. The molecule has 1 fully saturated rings. The van der Waals surface area contributed by atoms with Crippen molar-refractivity contribution in [3.05, 3.63) is 44.5 Å². The number of anilines is 1. The van der Waals surface area contributed by atoms with Crippen LogP contribution >= 0.6 is 11.6 Å². The third-order valence-corrected chi connectivity index (χ3v) is 5.98. The topological polar surface area (TPSA) is 77.1 Å². The lowest BCUT2D eigenvalue weighted by molar-refractivity contribution is -0.384. The van der Waals surface area contributed by atoms with E-state index < -0.39 is 4.92 Å². The highest BCUT2D eigenvalue weighted by Gasteiger charge is 2.29. The van der Waals surface area contributed by atoms with Crippen molar-refractivity contribution in [2.24, 2.45) is 0 Å². The summed E-state index contributed by atoms with van der Waals surface area (Å²) in [5.41, 5.74) is 1.79. The fraction of sp³-hybridized carbons (Fsp3) is 0.579. The molecule has 0 aliphatic carbocycles. The molecule has 27 heavy (non-hydrogen) atoms. The average Bonchev–Trinajstić information content (AvgIpc) is 2.90. The first-order valence-corrected chi connectivity index (χ1v) is 10.0. The number of nitro groups is 1. The average molecular weight is 390 g/mol. The molecule has 1 aromatic carbocycles. The number of aromatic nitrogens is 3. The van der Waals surface area contributed by atoms with Crippen molar-refractivity contribution in [3.8, 4) is 0 Å². The number of piperidine rings is 1. The minimum Gasteiger partial charge on any atom is -0.369 e. The predicted octanol–water partition coefficient (Wildman–Crippen LogP) is 4.26. The number of benzene rings is 1. The molecule has 1 unspecified atom stereocenters. The fourth-order valence-electron chi connectivity index (χ4n) is 4.42. The molecule has 1 atom stereocenters. The number of nitrogens with zero attached hydrogens (tertiary/aromatic N) is 5. The summed E-state index contributed by atoms with van der Waals surface area (Å²) in [5.74, 6) is 2.51. The Hall–Kier alpha value is -2.15. The van der Waals surface area contributed by atoms with Crippen molar-refractivity contribution < 1.29 is 4.92 Å². The molecule has 0 amide bonds. The number of nitro benzene ring substituents is 1. The number of non-ortho nitro benzene ring substituents is 1. The minimum absolute atomic E-state index is 0.0394. The van der Waals surface area contributed by atoms with E-state index in [0.717, 1.165) is 61.8 Å². The van der Waals surface area contributed by atoms with Gasteiger partial charge in [-0.05, 0) is 38.2 Å². The van der Waals surface area contributed by atoms with E-state index in [1.54, 1.807) is 6.07 Å². The van der Waals surface area contributed by atoms with Gasteiger partial charge in [0.2, 0.25) is 0 Å². The lowest BCUT2D eigenvalue weighted by Gasteiger charge is -2.35.